The smallest absolute Gasteiger partial charge is 0.256 e. The summed E-state index contributed by atoms with van der Waals surface area (Å²) >= 11 is 2.11. The number of hydrogen-bond donors (Lipinski definition) is 1. The number of carbonyl (C=O) groups is 1. The maximum atomic E-state index is 12.0. The topological polar surface area (TPSA) is 51.1 Å². The summed E-state index contributed by atoms with van der Waals surface area (Å²) in [4.78, 5) is 23.3. The summed E-state index contributed by atoms with van der Waals surface area (Å²) in [7, 11) is 1.64. The molecule has 92 valence electrons. The highest BCUT2D eigenvalue weighted by Gasteiger charge is 2.09. The number of amides is 1. The molecule has 18 heavy (non-hydrogen) atoms. The van der Waals surface area contributed by atoms with Crippen molar-refractivity contribution in [2.45, 2.75) is 0 Å². The van der Waals surface area contributed by atoms with Crippen molar-refractivity contribution in [1.29, 1.82) is 0 Å². The predicted octanol–water partition coefficient (Wildman–Crippen LogP) is 2.24. The highest BCUT2D eigenvalue weighted by molar-refractivity contribution is 14.1. The van der Waals surface area contributed by atoms with E-state index < -0.39 is 0 Å². The van der Waals surface area contributed by atoms with Crippen LogP contribution in [0.4, 0.5) is 5.69 Å². The molecule has 1 aromatic carbocycles. The molecule has 2 rings (SSSR count). The number of aromatic nitrogens is 1. The average molecular weight is 354 g/mol. The molecule has 0 aliphatic carbocycles. The molecule has 0 unspecified atom stereocenters. The number of hydrogen-bond acceptors (Lipinski definition) is 2. The fourth-order valence-corrected chi connectivity index (χ4v) is 2.14. The molecule has 1 N–H and O–H groups in total. The first kappa shape index (κ1) is 12.8. The second-order valence-electron chi connectivity index (χ2n) is 3.80. The first-order valence-electron chi connectivity index (χ1n) is 5.30. The van der Waals surface area contributed by atoms with Crippen LogP contribution in [-0.4, -0.2) is 10.5 Å². The Morgan fingerprint density at radius 2 is 1.94 bits per heavy atom. The van der Waals surface area contributed by atoms with Crippen molar-refractivity contribution in [3.05, 3.63) is 62.1 Å². The third-order valence-electron chi connectivity index (χ3n) is 2.46. The van der Waals surface area contributed by atoms with Gasteiger partial charge in [0.15, 0.2) is 0 Å². The van der Waals surface area contributed by atoms with Gasteiger partial charge in [-0.1, -0.05) is 12.1 Å². The van der Waals surface area contributed by atoms with Crippen LogP contribution < -0.4 is 10.9 Å². The van der Waals surface area contributed by atoms with Crippen LogP contribution in [0.2, 0.25) is 0 Å². The third-order valence-corrected chi connectivity index (χ3v) is 3.40. The summed E-state index contributed by atoms with van der Waals surface area (Å²) in [6.07, 6.45) is 1.59. The van der Waals surface area contributed by atoms with Crippen LogP contribution in [0.5, 0.6) is 0 Å². The van der Waals surface area contributed by atoms with Crippen molar-refractivity contribution in [2.75, 3.05) is 5.32 Å². The van der Waals surface area contributed by atoms with Crippen LogP contribution >= 0.6 is 22.6 Å². The Morgan fingerprint density at radius 3 is 2.61 bits per heavy atom. The normalized spacial score (nSPS) is 10.1. The number of anilines is 1. The quantitative estimate of drug-likeness (QED) is 0.841. The van der Waals surface area contributed by atoms with E-state index in [0.717, 1.165) is 3.57 Å². The maximum absolute atomic E-state index is 12.0. The minimum absolute atomic E-state index is 0.109. The highest BCUT2D eigenvalue weighted by Crippen LogP contribution is 2.13. The lowest BCUT2D eigenvalue weighted by Gasteiger charge is -2.07. The van der Waals surface area contributed by atoms with Crippen molar-refractivity contribution >= 4 is 34.2 Å². The van der Waals surface area contributed by atoms with Crippen molar-refractivity contribution in [3.8, 4) is 0 Å². The van der Waals surface area contributed by atoms with Crippen LogP contribution in [0.3, 0.4) is 0 Å². The third kappa shape index (κ3) is 2.79. The fraction of sp³-hybridized carbons (Fsp3) is 0.0769. The zero-order valence-electron chi connectivity index (χ0n) is 9.68. The predicted molar refractivity (Wildman–Crippen MR) is 78.8 cm³/mol. The van der Waals surface area contributed by atoms with Gasteiger partial charge in [0.1, 0.15) is 0 Å². The van der Waals surface area contributed by atoms with Gasteiger partial charge in [0.05, 0.1) is 11.3 Å². The molecule has 2 aromatic rings. The molecule has 1 heterocycles. The van der Waals surface area contributed by atoms with Gasteiger partial charge < -0.3 is 9.88 Å². The maximum Gasteiger partial charge on any atom is 0.256 e. The van der Waals surface area contributed by atoms with E-state index in [1.807, 2.05) is 18.2 Å². The Kier molecular flexibility index (Phi) is 3.81. The Labute approximate surface area is 118 Å². The summed E-state index contributed by atoms with van der Waals surface area (Å²) in [5.74, 6) is -0.182. The summed E-state index contributed by atoms with van der Waals surface area (Å²) in [5, 5.41) is 2.76. The number of halogens is 1. The lowest BCUT2D eigenvalue weighted by molar-refractivity contribution is 0.102. The summed E-state index contributed by atoms with van der Waals surface area (Å²) in [5.41, 5.74) is 1.11. The van der Waals surface area contributed by atoms with Crippen molar-refractivity contribution in [3.63, 3.8) is 0 Å². The lowest BCUT2D eigenvalue weighted by Crippen LogP contribution is -2.18. The minimum atomic E-state index is -0.182. The largest absolute Gasteiger partial charge is 0.321 e. The zero-order valence-corrected chi connectivity index (χ0v) is 11.8. The van der Waals surface area contributed by atoms with Gasteiger partial charge >= 0.3 is 0 Å². The van der Waals surface area contributed by atoms with E-state index in [2.05, 4.69) is 27.9 Å². The Bertz CT molecular complexity index is 649. The average Bonchev–Trinajstić information content (AvgIpc) is 2.34. The first-order chi connectivity index (χ1) is 8.58. The van der Waals surface area contributed by atoms with Gasteiger partial charge in [0, 0.05) is 22.9 Å². The van der Waals surface area contributed by atoms with Gasteiger partial charge in [-0.05, 0) is 40.8 Å². The molecule has 4 nitrogen and oxygen atoms in total. The van der Waals surface area contributed by atoms with E-state index >= 15 is 0 Å². The molecule has 0 saturated heterocycles. The van der Waals surface area contributed by atoms with E-state index in [1.54, 1.807) is 25.4 Å². The lowest BCUT2D eigenvalue weighted by atomic mass is 10.2. The molecule has 0 fully saturated rings. The van der Waals surface area contributed by atoms with Crippen molar-refractivity contribution in [1.82, 2.24) is 4.57 Å². The van der Waals surface area contributed by atoms with E-state index in [1.165, 1.54) is 10.6 Å². The number of nitrogens with one attached hydrogen (secondary N) is 1. The molecule has 1 amide bonds. The Morgan fingerprint density at radius 1 is 1.22 bits per heavy atom. The number of rotatable bonds is 2. The molecule has 0 bridgehead atoms. The van der Waals surface area contributed by atoms with Gasteiger partial charge in [-0.2, -0.15) is 0 Å². The van der Waals surface area contributed by atoms with Crippen molar-refractivity contribution in [2.24, 2.45) is 7.05 Å². The second kappa shape index (κ2) is 5.34. The minimum Gasteiger partial charge on any atom is -0.321 e. The van der Waals surface area contributed by atoms with Gasteiger partial charge in [0.25, 0.3) is 5.91 Å². The van der Waals surface area contributed by atoms with E-state index in [9.17, 15) is 9.59 Å². The van der Waals surface area contributed by atoms with E-state index in [0.29, 0.717) is 11.3 Å². The molecular formula is C13H11IN2O2. The summed E-state index contributed by atoms with van der Waals surface area (Å²) < 4.78 is 2.31. The highest BCUT2D eigenvalue weighted by atomic mass is 127. The summed E-state index contributed by atoms with van der Waals surface area (Å²) in [6, 6.07) is 10.3. The number of benzene rings is 1. The number of aryl methyl sites for hydroxylation is 1. The Hall–Kier alpha value is -1.63. The van der Waals surface area contributed by atoms with Gasteiger partial charge in [-0.15, -0.1) is 0 Å². The van der Waals surface area contributed by atoms with Crippen LogP contribution in [-0.2, 0) is 7.05 Å². The second-order valence-corrected chi connectivity index (χ2v) is 4.96. The standard InChI is InChI=1S/C13H11IN2O2/c1-16-8-9(6-7-12(16)17)15-13(18)10-4-2-3-5-11(10)14/h2-8H,1H3,(H,15,18). The molecular weight excluding hydrogens is 343 g/mol. The number of pyridine rings is 1. The van der Waals surface area contributed by atoms with Crippen LogP contribution in [0.15, 0.2) is 47.4 Å². The van der Waals surface area contributed by atoms with E-state index in [4.69, 9.17) is 0 Å². The molecule has 1 aromatic heterocycles. The Balaban J connectivity index is 2.24. The SMILES string of the molecule is Cn1cc(NC(=O)c2ccccc2I)ccc1=O. The molecule has 5 heteroatoms. The van der Waals surface area contributed by atoms with Crippen LogP contribution in [0.25, 0.3) is 0 Å². The fourth-order valence-electron chi connectivity index (χ4n) is 1.51. The van der Waals surface area contributed by atoms with Gasteiger partial charge in [-0.3, -0.25) is 9.59 Å². The summed E-state index contributed by atoms with van der Waals surface area (Å²) in [6.45, 7) is 0. The van der Waals surface area contributed by atoms with Gasteiger partial charge in [-0.25, -0.2) is 0 Å². The number of nitrogens with zero attached hydrogens (tertiary/aromatic N) is 1. The number of carbonyl (C=O) groups excluding carboxylic acids is 1. The monoisotopic (exact) mass is 354 g/mol. The molecule has 0 spiro atoms. The molecule has 0 saturated carbocycles. The molecule has 0 aliphatic rings. The molecule has 0 radical (unpaired) electrons. The van der Waals surface area contributed by atoms with Crippen LogP contribution in [0.1, 0.15) is 10.4 Å². The zero-order chi connectivity index (χ0) is 13.1. The van der Waals surface area contributed by atoms with E-state index in [-0.39, 0.29) is 11.5 Å². The van der Waals surface area contributed by atoms with Crippen molar-refractivity contribution < 1.29 is 4.79 Å². The van der Waals surface area contributed by atoms with Crippen LogP contribution in [0, 0.1) is 3.57 Å². The molecule has 0 aliphatic heterocycles. The molecule has 0 atom stereocenters. The van der Waals surface area contributed by atoms with Gasteiger partial charge in [0.2, 0.25) is 5.56 Å². The first-order valence-corrected chi connectivity index (χ1v) is 6.38.